The Bertz CT molecular complexity index is 733. The molecule has 0 spiro atoms. The van der Waals surface area contributed by atoms with Crippen LogP contribution in [0.3, 0.4) is 0 Å². The van der Waals surface area contributed by atoms with Crippen molar-refractivity contribution in [1.29, 1.82) is 0 Å². The molecule has 1 aliphatic heterocycles. The molecule has 3 rings (SSSR count). The van der Waals surface area contributed by atoms with Crippen molar-refractivity contribution in [3.8, 4) is 0 Å². The van der Waals surface area contributed by atoms with Gasteiger partial charge in [-0.1, -0.05) is 31.4 Å². The van der Waals surface area contributed by atoms with Gasteiger partial charge in [-0.05, 0) is 61.8 Å². The van der Waals surface area contributed by atoms with Crippen molar-refractivity contribution in [3.05, 3.63) is 29.8 Å². The van der Waals surface area contributed by atoms with E-state index < -0.39 is 16.0 Å². The second-order valence-corrected chi connectivity index (χ2v) is 9.74. The first kappa shape index (κ1) is 23.1. The topological polar surface area (TPSA) is 86.7 Å². The third kappa shape index (κ3) is 5.92. The molecule has 1 aliphatic carbocycles. The van der Waals surface area contributed by atoms with Crippen LogP contribution in [0.5, 0.6) is 0 Å². The van der Waals surface area contributed by atoms with Crippen molar-refractivity contribution in [2.75, 3.05) is 26.2 Å². The summed E-state index contributed by atoms with van der Waals surface area (Å²) in [5.74, 6) is -0.182. The predicted molar refractivity (Wildman–Crippen MR) is 112 cm³/mol. The van der Waals surface area contributed by atoms with Crippen LogP contribution in [0.2, 0.25) is 0 Å². The second kappa shape index (κ2) is 10.6. The number of nitrogens with zero attached hydrogens (tertiary/aromatic N) is 1. The van der Waals surface area contributed by atoms with E-state index in [2.05, 4.69) is 5.32 Å². The molecule has 0 amide bonds. The number of rotatable bonds is 7. The maximum absolute atomic E-state index is 13.0. The van der Waals surface area contributed by atoms with Crippen molar-refractivity contribution >= 4 is 28.4 Å². The summed E-state index contributed by atoms with van der Waals surface area (Å²) in [6, 6.07) is 7.48. The molecule has 1 aromatic rings. The number of carboxylic acids is 1. The minimum Gasteiger partial charge on any atom is -0.480 e. The summed E-state index contributed by atoms with van der Waals surface area (Å²) >= 11 is 0. The third-order valence-electron chi connectivity index (χ3n) is 5.79. The van der Waals surface area contributed by atoms with E-state index in [4.69, 9.17) is 5.11 Å². The fraction of sp³-hybridized carbons (Fsp3) is 0.650. The van der Waals surface area contributed by atoms with Gasteiger partial charge in [-0.2, -0.15) is 4.31 Å². The van der Waals surface area contributed by atoms with Gasteiger partial charge in [-0.25, -0.2) is 8.42 Å². The van der Waals surface area contributed by atoms with Crippen molar-refractivity contribution in [3.63, 3.8) is 0 Å². The predicted octanol–water partition coefficient (Wildman–Crippen LogP) is 3.23. The highest BCUT2D eigenvalue weighted by Crippen LogP contribution is 2.33. The molecule has 2 aliphatic rings. The lowest BCUT2D eigenvalue weighted by atomic mass is 9.84. The van der Waals surface area contributed by atoms with E-state index in [1.54, 1.807) is 16.4 Å². The van der Waals surface area contributed by atoms with Gasteiger partial charge in [0, 0.05) is 13.1 Å². The average molecular weight is 431 g/mol. The molecular formula is C20H31ClN2O4S. The van der Waals surface area contributed by atoms with Crippen LogP contribution in [-0.4, -0.2) is 50.0 Å². The fourth-order valence-corrected chi connectivity index (χ4v) is 5.85. The molecule has 0 bridgehead atoms. The minimum absolute atomic E-state index is 0. The van der Waals surface area contributed by atoms with E-state index in [9.17, 15) is 13.2 Å². The van der Waals surface area contributed by atoms with Gasteiger partial charge in [-0.3, -0.25) is 4.79 Å². The fourth-order valence-electron chi connectivity index (χ4n) is 4.29. The van der Waals surface area contributed by atoms with Crippen LogP contribution in [-0.2, 0) is 14.8 Å². The Kier molecular flexibility index (Phi) is 8.74. The molecule has 0 radical (unpaired) electrons. The maximum Gasteiger partial charge on any atom is 0.317 e. The smallest absolute Gasteiger partial charge is 0.317 e. The Balaban J connectivity index is 0.00000280. The number of aliphatic carboxylic acids is 1. The van der Waals surface area contributed by atoms with E-state index >= 15 is 0 Å². The summed E-state index contributed by atoms with van der Waals surface area (Å²) in [7, 11) is -3.49. The summed E-state index contributed by atoms with van der Waals surface area (Å²) < 4.78 is 27.6. The quantitative estimate of drug-likeness (QED) is 0.693. The van der Waals surface area contributed by atoms with Crippen LogP contribution in [0.4, 0.5) is 0 Å². The van der Waals surface area contributed by atoms with Gasteiger partial charge in [-0.15, -0.1) is 12.4 Å². The zero-order valence-electron chi connectivity index (χ0n) is 16.2. The van der Waals surface area contributed by atoms with E-state index in [1.807, 2.05) is 12.1 Å². The molecule has 6 nitrogen and oxygen atoms in total. The summed E-state index contributed by atoms with van der Waals surface area (Å²) in [6.45, 7) is 1.41. The maximum atomic E-state index is 13.0. The molecule has 8 heteroatoms. The molecule has 2 fully saturated rings. The Hall–Kier alpha value is -1.15. The average Bonchev–Trinajstić information content (AvgIpc) is 2.69. The van der Waals surface area contributed by atoms with Gasteiger partial charge in [0.15, 0.2) is 0 Å². The molecule has 1 saturated carbocycles. The number of benzene rings is 1. The zero-order valence-corrected chi connectivity index (χ0v) is 17.8. The lowest BCUT2D eigenvalue weighted by Gasteiger charge is -2.32. The highest BCUT2D eigenvalue weighted by atomic mass is 35.5. The Morgan fingerprint density at radius 2 is 1.75 bits per heavy atom. The van der Waals surface area contributed by atoms with Crippen LogP contribution >= 0.6 is 12.4 Å². The Morgan fingerprint density at radius 1 is 1.07 bits per heavy atom. The van der Waals surface area contributed by atoms with Crippen molar-refractivity contribution in [2.24, 2.45) is 5.92 Å². The molecule has 28 heavy (non-hydrogen) atoms. The van der Waals surface area contributed by atoms with Gasteiger partial charge >= 0.3 is 5.97 Å². The standard InChI is InChI=1S/C20H30N2O4S.ClH/c23-20(24)14-21-13-16-5-4-12-22(15-16)27(25,26)19-10-8-18(9-11-19)17-6-2-1-3-7-17;/h8-11,16-17,21H,1-7,12-15H2,(H,23,24);1H. The Morgan fingerprint density at radius 3 is 2.39 bits per heavy atom. The zero-order chi connectivity index (χ0) is 19.3. The van der Waals surface area contributed by atoms with Gasteiger partial charge in [0.1, 0.15) is 0 Å². The number of sulfonamides is 1. The molecule has 1 heterocycles. The van der Waals surface area contributed by atoms with E-state index in [1.165, 1.54) is 37.7 Å². The molecule has 1 unspecified atom stereocenters. The SMILES string of the molecule is Cl.O=C(O)CNCC1CCCN(S(=O)(=O)c2ccc(C3CCCCC3)cc2)C1. The number of carbonyl (C=O) groups is 1. The van der Waals surface area contributed by atoms with Crippen molar-refractivity contribution in [2.45, 2.75) is 55.8 Å². The molecule has 158 valence electrons. The van der Waals surface area contributed by atoms with E-state index in [-0.39, 0.29) is 24.9 Å². The summed E-state index contributed by atoms with van der Waals surface area (Å²) in [5.41, 5.74) is 1.25. The van der Waals surface area contributed by atoms with E-state index in [0.717, 1.165) is 12.8 Å². The number of carboxylic acid groups (broad SMARTS) is 1. The van der Waals surface area contributed by atoms with Gasteiger partial charge in [0.05, 0.1) is 11.4 Å². The van der Waals surface area contributed by atoms with Crippen LogP contribution in [0.15, 0.2) is 29.2 Å². The molecular weight excluding hydrogens is 400 g/mol. The van der Waals surface area contributed by atoms with Gasteiger partial charge in [0.25, 0.3) is 0 Å². The molecule has 1 atom stereocenters. The Labute approximate surface area is 174 Å². The minimum atomic E-state index is -3.49. The summed E-state index contributed by atoms with van der Waals surface area (Å²) in [4.78, 5) is 11.0. The molecule has 2 N–H and O–H groups in total. The van der Waals surface area contributed by atoms with Crippen molar-refractivity contribution in [1.82, 2.24) is 9.62 Å². The lowest BCUT2D eigenvalue weighted by Crippen LogP contribution is -2.43. The second-order valence-electron chi connectivity index (χ2n) is 7.80. The first-order valence-electron chi connectivity index (χ1n) is 9.99. The summed E-state index contributed by atoms with van der Waals surface area (Å²) in [5, 5.41) is 11.6. The highest BCUT2D eigenvalue weighted by molar-refractivity contribution is 7.89. The number of nitrogens with one attached hydrogen (secondary N) is 1. The molecule has 1 aromatic carbocycles. The van der Waals surface area contributed by atoms with Crippen molar-refractivity contribution < 1.29 is 18.3 Å². The third-order valence-corrected chi connectivity index (χ3v) is 7.66. The van der Waals surface area contributed by atoms with Gasteiger partial charge < -0.3 is 10.4 Å². The van der Waals surface area contributed by atoms with E-state index in [0.29, 0.717) is 30.4 Å². The normalized spacial score (nSPS) is 21.8. The van der Waals surface area contributed by atoms with Crippen LogP contribution in [0.1, 0.15) is 56.4 Å². The largest absolute Gasteiger partial charge is 0.480 e. The van der Waals surface area contributed by atoms with Crippen LogP contribution < -0.4 is 5.32 Å². The van der Waals surface area contributed by atoms with Crippen LogP contribution in [0, 0.1) is 5.92 Å². The number of hydrogen-bond donors (Lipinski definition) is 2. The lowest BCUT2D eigenvalue weighted by molar-refractivity contribution is -0.136. The van der Waals surface area contributed by atoms with Gasteiger partial charge in [0.2, 0.25) is 10.0 Å². The monoisotopic (exact) mass is 430 g/mol. The van der Waals surface area contributed by atoms with Crippen LogP contribution in [0.25, 0.3) is 0 Å². The first-order chi connectivity index (χ1) is 13.0. The summed E-state index contributed by atoms with van der Waals surface area (Å²) in [6.07, 6.45) is 7.94. The highest BCUT2D eigenvalue weighted by Gasteiger charge is 2.30. The number of piperidine rings is 1. The number of hydrogen-bond acceptors (Lipinski definition) is 4. The molecule has 0 aromatic heterocycles. The number of halogens is 1. The molecule has 1 saturated heterocycles. The first-order valence-corrected chi connectivity index (χ1v) is 11.4.